The Morgan fingerprint density at radius 1 is 1.18 bits per heavy atom. The molecule has 0 atom stereocenters. The van der Waals surface area contributed by atoms with Crippen LogP contribution in [0.25, 0.3) is 0 Å². The van der Waals surface area contributed by atoms with Crippen LogP contribution in [0.3, 0.4) is 0 Å². The molecular weight excluding hydrogens is 299 g/mol. The van der Waals surface area contributed by atoms with E-state index in [0.717, 1.165) is 11.3 Å². The second kappa shape index (κ2) is 8.34. The van der Waals surface area contributed by atoms with Crippen LogP contribution in [-0.2, 0) is 10.5 Å². The standard InChI is InChI=1S/C17H17FN2OS/c1-13-2-4-15(5-3-13)11-22-12-17(21)20-19-10-14-6-8-16(18)9-7-14/h2-10H,11-12H2,1H3,(H,20,21)/b19-10-. The summed E-state index contributed by atoms with van der Waals surface area (Å²) in [5.41, 5.74) is 5.60. The van der Waals surface area contributed by atoms with E-state index < -0.39 is 0 Å². The highest BCUT2D eigenvalue weighted by Crippen LogP contribution is 2.12. The summed E-state index contributed by atoms with van der Waals surface area (Å²) in [6, 6.07) is 14.1. The molecule has 0 saturated carbocycles. The number of aryl methyl sites for hydroxylation is 1. The first kappa shape index (κ1) is 16.2. The van der Waals surface area contributed by atoms with Crippen molar-refractivity contribution in [1.29, 1.82) is 0 Å². The number of hydrazone groups is 1. The number of thioether (sulfide) groups is 1. The van der Waals surface area contributed by atoms with Crippen molar-refractivity contribution in [3.8, 4) is 0 Å². The number of rotatable bonds is 6. The Labute approximate surface area is 133 Å². The quantitative estimate of drug-likeness (QED) is 0.654. The van der Waals surface area contributed by atoms with Gasteiger partial charge < -0.3 is 0 Å². The molecule has 5 heteroatoms. The summed E-state index contributed by atoms with van der Waals surface area (Å²) in [6.07, 6.45) is 1.49. The summed E-state index contributed by atoms with van der Waals surface area (Å²) in [5, 5.41) is 3.85. The monoisotopic (exact) mass is 316 g/mol. The summed E-state index contributed by atoms with van der Waals surface area (Å²) in [7, 11) is 0. The third-order valence-electron chi connectivity index (χ3n) is 2.90. The first-order chi connectivity index (χ1) is 10.6. The zero-order valence-corrected chi connectivity index (χ0v) is 13.1. The second-order valence-electron chi connectivity index (χ2n) is 4.82. The summed E-state index contributed by atoms with van der Waals surface area (Å²) < 4.78 is 12.7. The van der Waals surface area contributed by atoms with E-state index >= 15 is 0 Å². The number of hydrogen-bond acceptors (Lipinski definition) is 3. The molecule has 3 nitrogen and oxygen atoms in total. The molecule has 0 aliphatic rings. The van der Waals surface area contributed by atoms with Gasteiger partial charge in [-0.05, 0) is 30.2 Å². The van der Waals surface area contributed by atoms with Gasteiger partial charge in [-0.15, -0.1) is 11.8 Å². The number of carbonyl (C=O) groups excluding carboxylic acids is 1. The highest BCUT2D eigenvalue weighted by molar-refractivity contribution is 7.99. The van der Waals surface area contributed by atoms with Crippen LogP contribution >= 0.6 is 11.8 Å². The molecule has 0 fully saturated rings. The lowest BCUT2D eigenvalue weighted by Crippen LogP contribution is -2.19. The number of nitrogens with zero attached hydrogens (tertiary/aromatic N) is 1. The molecule has 2 rings (SSSR count). The molecule has 1 amide bonds. The summed E-state index contributed by atoms with van der Waals surface area (Å²) >= 11 is 1.53. The van der Waals surface area contributed by atoms with E-state index in [1.54, 1.807) is 12.1 Å². The molecule has 2 aromatic rings. The Morgan fingerprint density at radius 2 is 1.86 bits per heavy atom. The summed E-state index contributed by atoms with van der Waals surface area (Å²) in [4.78, 5) is 11.6. The van der Waals surface area contributed by atoms with Crippen LogP contribution in [-0.4, -0.2) is 17.9 Å². The third kappa shape index (κ3) is 5.69. The predicted molar refractivity (Wildman–Crippen MR) is 89.5 cm³/mol. The average molecular weight is 316 g/mol. The van der Waals surface area contributed by atoms with Crippen molar-refractivity contribution in [2.24, 2.45) is 5.10 Å². The van der Waals surface area contributed by atoms with Gasteiger partial charge >= 0.3 is 0 Å². The molecule has 0 bridgehead atoms. The molecule has 0 aliphatic carbocycles. The Balaban J connectivity index is 1.69. The summed E-state index contributed by atoms with van der Waals surface area (Å²) in [6.45, 7) is 2.05. The lowest BCUT2D eigenvalue weighted by Gasteiger charge is -2.02. The van der Waals surface area contributed by atoms with Crippen molar-refractivity contribution in [3.63, 3.8) is 0 Å². The van der Waals surface area contributed by atoms with E-state index in [1.807, 2.05) is 6.92 Å². The number of amides is 1. The number of carbonyl (C=O) groups is 1. The minimum absolute atomic E-state index is 0.157. The van der Waals surface area contributed by atoms with Gasteiger partial charge in [-0.25, -0.2) is 9.82 Å². The normalized spacial score (nSPS) is 10.8. The van der Waals surface area contributed by atoms with Crippen LogP contribution in [0, 0.1) is 12.7 Å². The lowest BCUT2D eigenvalue weighted by molar-refractivity contribution is -0.118. The second-order valence-corrected chi connectivity index (χ2v) is 5.81. The van der Waals surface area contributed by atoms with Crippen molar-refractivity contribution in [2.45, 2.75) is 12.7 Å². The van der Waals surface area contributed by atoms with E-state index in [4.69, 9.17) is 0 Å². The molecule has 0 unspecified atom stereocenters. The minimum Gasteiger partial charge on any atom is -0.272 e. The first-order valence-electron chi connectivity index (χ1n) is 6.84. The zero-order valence-electron chi connectivity index (χ0n) is 12.3. The van der Waals surface area contributed by atoms with Gasteiger partial charge in [0.15, 0.2) is 0 Å². The van der Waals surface area contributed by atoms with E-state index in [1.165, 1.54) is 41.2 Å². The number of halogens is 1. The van der Waals surface area contributed by atoms with Gasteiger partial charge in [-0.2, -0.15) is 5.10 Å². The molecule has 114 valence electrons. The van der Waals surface area contributed by atoms with E-state index in [-0.39, 0.29) is 11.7 Å². The van der Waals surface area contributed by atoms with Crippen LogP contribution in [0.5, 0.6) is 0 Å². The largest absolute Gasteiger partial charge is 0.272 e. The number of nitrogens with one attached hydrogen (secondary N) is 1. The SMILES string of the molecule is Cc1ccc(CSCC(=O)N/N=C\c2ccc(F)cc2)cc1. The van der Waals surface area contributed by atoms with Crippen molar-refractivity contribution >= 4 is 23.9 Å². The van der Waals surface area contributed by atoms with Crippen LogP contribution in [0.1, 0.15) is 16.7 Å². The zero-order chi connectivity index (χ0) is 15.8. The fourth-order valence-electron chi connectivity index (χ4n) is 1.71. The molecule has 0 spiro atoms. The molecular formula is C17H17FN2OS. The molecule has 0 aromatic heterocycles. The van der Waals surface area contributed by atoms with Gasteiger partial charge in [-0.3, -0.25) is 4.79 Å². The maximum Gasteiger partial charge on any atom is 0.250 e. The fraction of sp³-hybridized carbons (Fsp3) is 0.176. The topological polar surface area (TPSA) is 41.5 Å². The van der Waals surface area contributed by atoms with Gasteiger partial charge in [-0.1, -0.05) is 42.0 Å². The minimum atomic E-state index is -0.298. The van der Waals surface area contributed by atoms with Crippen molar-refractivity contribution in [2.75, 3.05) is 5.75 Å². The van der Waals surface area contributed by atoms with Crippen LogP contribution in [0.15, 0.2) is 53.6 Å². The number of benzene rings is 2. The highest BCUT2D eigenvalue weighted by Gasteiger charge is 2.00. The molecule has 1 N–H and O–H groups in total. The van der Waals surface area contributed by atoms with Gasteiger partial charge in [0.25, 0.3) is 0 Å². The van der Waals surface area contributed by atoms with Crippen LogP contribution in [0.2, 0.25) is 0 Å². The highest BCUT2D eigenvalue weighted by atomic mass is 32.2. The average Bonchev–Trinajstić information content (AvgIpc) is 2.51. The van der Waals surface area contributed by atoms with Gasteiger partial charge in [0, 0.05) is 5.75 Å². The predicted octanol–water partition coefficient (Wildman–Crippen LogP) is 3.52. The maximum absolute atomic E-state index is 12.7. The molecule has 0 radical (unpaired) electrons. The van der Waals surface area contributed by atoms with Gasteiger partial charge in [0.05, 0.1) is 12.0 Å². The molecule has 22 heavy (non-hydrogen) atoms. The van der Waals surface area contributed by atoms with Gasteiger partial charge in [0.2, 0.25) is 5.91 Å². The van der Waals surface area contributed by atoms with Crippen molar-refractivity contribution < 1.29 is 9.18 Å². The lowest BCUT2D eigenvalue weighted by atomic mass is 10.2. The Hall–Kier alpha value is -2.14. The van der Waals surface area contributed by atoms with Crippen LogP contribution < -0.4 is 5.43 Å². The molecule has 0 saturated heterocycles. The Kier molecular flexibility index (Phi) is 6.15. The fourth-order valence-corrected chi connectivity index (χ4v) is 2.49. The summed E-state index contributed by atoms with van der Waals surface area (Å²) in [5.74, 6) is 0.675. The Morgan fingerprint density at radius 3 is 2.55 bits per heavy atom. The van der Waals surface area contributed by atoms with E-state index in [2.05, 4.69) is 34.8 Å². The molecule has 0 heterocycles. The molecule has 0 aliphatic heterocycles. The van der Waals surface area contributed by atoms with E-state index in [9.17, 15) is 9.18 Å². The smallest absolute Gasteiger partial charge is 0.250 e. The third-order valence-corrected chi connectivity index (χ3v) is 3.90. The van der Waals surface area contributed by atoms with E-state index in [0.29, 0.717) is 5.75 Å². The molecule has 2 aromatic carbocycles. The Bertz CT molecular complexity index is 639. The van der Waals surface area contributed by atoms with Crippen molar-refractivity contribution in [3.05, 3.63) is 71.0 Å². The van der Waals surface area contributed by atoms with Crippen LogP contribution in [0.4, 0.5) is 4.39 Å². The van der Waals surface area contributed by atoms with Crippen molar-refractivity contribution in [1.82, 2.24) is 5.43 Å². The number of hydrogen-bond donors (Lipinski definition) is 1. The van der Waals surface area contributed by atoms with Gasteiger partial charge in [0.1, 0.15) is 5.82 Å². The first-order valence-corrected chi connectivity index (χ1v) is 8.00. The maximum atomic E-state index is 12.7.